The first-order valence-corrected chi connectivity index (χ1v) is 8.44. The average Bonchev–Trinajstić information content (AvgIpc) is 3.05. The highest BCUT2D eigenvalue weighted by Gasteiger charge is 2.18. The molecule has 0 aliphatic heterocycles. The van der Waals surface area contributed by atoms with Crippen molar-refractivity contribution in [1.29, 1.82) is 0 Å². The number of hydrogen-bond donors (Lipinski definition) is 1. The fraction of sp³-hybridized carbons (Fsp3) is 0.263. The summed E-state index contributed by atoms with van der Waals surface area (Å²) >= 11 is 0. The van der Waals surface area contributed by atoms with Crippen LogP contribution in [0, 0.1) is 0 Å². The zero-order chi connectivity index (χ0) is 18.5. The van der Waals surface area contributed by atoms with Crippen molar-refractivity contribution in [1.82, 2.24) is 20.3 Å². The van der Waals surface area contributed by atoms with E-state index in [1.165, 1.54) is 0 Å². The Labute approximate surface area is 151 Å². The van der Waals surface area contributed by atoms with Crippen molar-refractivity contribution in [3.63, 3.8) is 0 Å². The number of rotatable bonds is 6. The van der Waals surface area contributed by atoms with Gasteiger partial charge in [0.25, 0.3) is 5.91 Å². The summed E-state index contributed by atoms with van der Waals surface area (Å²) in [7, 11) is 0. The molecule has 0 spiro atoms. The summed E-state index contributed by atoms with van der Waals surface area (Å²) in [4.78, 5) is 23.8. The number of carbonyl (C=O) groups is 2. The number of amides is 1. The number of hydrogen-bond acceptors (Lipinski definition) is 5. The predicted molar refractivity (Wildman–Crippen MR) is 96.6 cm³/mol. The van der Waals surface area contributed by atoms with E-state index in [4.69, 9.17) is 4.74 Å². The van der Waals surface area contributed by atoms with E-state index in [1.807, 2.05) is 43.3 Å². The maximum absolute atomic E-state index is 12.1. The smallest absolute Gasteiger partial charge is 0.338 e. The lowest BCUT2D eigenvalue weighted by Gasteiger charge is -2.12. The summed E-state index contributed by atoms with van der Waals surface area (Å²) in [5, 5.41) is 10.9. The normalized spacial score (nSPS) is 11.9. The number of ether oxygens (including phenoxy) is 1. The van der Waals surface area contributed by atoms with E-state index in [0.717, 1.165) is 16.6 Å². The number of benzene rings is 2. The van der Waals surface area contributed by atoms with Gasteiger partial charge in [0.15, 0.2) is 6.10 Å². The van der Waals surface area contributed by atoms with E-state index >= 15 is 0 Å². The first kappa shape index (κ1) is 17.6. The zero-order valence-electron chi connectivity index (χ0n) is 14.7. The summed E-state index contributed by atoms with van der Waals surface area (Å²) in [6.45, 7) is 4.40. The zero-order valence-corrected chi connectivity index (χ0v) is 14.7. The van der Waals surface area contributed by atoms with Crippen molar-refractivity contribution in [3.05, 3.63) is 59.7 Å². The summed E-state index contributed by atoms with van der Waals surface area (Å²) in [6, 6.07) is 14.8. The van der Waals surface area contributed by atoms with Crippen LogP contribution in [-0.2, 0) is 16.1 Å². The molecule has 1 aromatic heterocycles. The molecule has 0 bridgehead atoms. The van der Waals surface area contributed by atoms with Gasteiger partial charge in [-0.05, 0) is 43.7 Å². The van der Waals surface area contributed by atoms with E-state index in [2.05, 4.69) is 15.6 Å². The summed E-state index contributed by atoms with van der Waals surface area (Å²) in [5.74, 6) is -0.836. The molecule has 134 valence electrons. The fourth-order valence-corrected chi connectivity index (χ4v) is 2.55. The third-order valence-electron chi connectivity index (χ3n) is 3.95. The number of likely N-dealkylation sites (N-methyl/N-ethyl adjacent to an activating group) is 1. The van der Waals surface area contributed by atoms with Crippen LogP contribution in [-0.4, -0.2) is 39.5 Å². The van der Waals surface area contributed by atoms with E-state index in [9.17, 15) is 9.59 Å². The Morgan fingerprint density at radius 1 is 1.15 bits per heavy atom. The van der Waals surface area contributed by atoms with Gasteiger partial charge >= 0.3 is 5.97 Å². The molecule has 0 saturated heterocycles. The molecular formula is C19H20N4O3. The second-order valence-corrected chi connectivity index (χ2v) is 5.87. The molecule has 0 fully saturated rings. The van der Waals surface area contributed by atoms with Crippen molar-refractivity contribution < 1.29 is 14.3 Å². The molecule has 0 radical (unpaired) electrons. The predicted octanol–water partition coefficient (Wildman–Crippen LogP) is 2.16. The standard InChI is InChI=1S/C19H20N4O3/c1-3-20-18(24)13(2)26-19(25)15-10-8-14(9-11-15)12-23-17-7-5-4-6-16(17)21-22-23/h4-11,13H,3,12H2,1-2H3,(H,20,24)/t13-/m1/s1. The molecule has 3 rings (SSSR count). The quantitative estimate of drug-likeness (QED) is 0.687. The van der Waals surface area contributed by atoms with Crippen LogP contribution in [0.5, 0.6) is 0 Å². The average molecular weight is 352 g/mol. The second kappa shape index (κ2) is 7.77. The third-order valence-corrected chi connectivity index (χ3v) is 3.95. The van der Waals surface area contributed by atoms with Crippen LogP contribution in [0.15, 0.2) is 48.5 Å². The molecule has 0 saturated carbocycles. The van der Waals surface area contributed by atoms with Crippen molar-refractivity contribution in [3.8, 4) is 0 Å². The maximum Gasteiger partial charge on any atom is 0.338 e. The molecule has 1 heterocycles. The van der Waals surface area contributed by atoms with Crippen LogP contribution in [0.25, 0.3) is 11.0 Å². The number of aromatic nitrogens is 3. The number of carbonyl (C=O) groups excluding carboxylic acids is 2. The van der Waals surface area contributed by atoms with Gasteiger partial charge in [-0.3, -0.25) is 4.79 Å². The minimum absolute atomic E-state index is 0.310. The van der Waals surface area contributed by atoms with Crippen LogP contribution in [0.2, 0.25) is 0 Å². The minimum atomic E-state index is -0.830. The second-order valence-electron chi connectivity index (χ2n) is 5.87. The van der Waals surface area contributed by atoms with Crippen molar-refractivity contribution in [2.75, 3.05) is 6.54 Å². The van der Waals surface area contributed by atoms with E-state index in [-0.39, 0.29) is 5.91 Å². The molecule has 0 aliphatic carbocycles. The van der Waals surface area contributed by atoms with Gasteiger partial charge in [0, 0.05) is 6.54 Å². The lowest BCUT2D eigenvalue weighted by Crippen LogP contribution is -2.35. The van der Waals surface area contributed by atoms with Gasteiger partial charge < -0.3 is 10.1 Å². The SMILES string of the molecule is CCNC(=O)[C@@H](C)OC(=O)c1ccc(Cn2nnc3ccccc32)cc1. The molecule has 1 atom stereocenters. The number of para-hydroxylation sites is 1. The lowest BCUT2D eigenvalue weighted by molar-refractivity contribution is -0.128. The molecule has 7 heteroatoms. The summed E-state index contributed by atoms with van der Waals surface area (Å²) in [5.41, 5.74) is 3.17. The minimum Gasteiger partial charge on any atom is -0.449 e. The fourth-order valence-electron chi connectivity index (χ4n) is 2.55. The Hall–Kier alpha value is -3.22. The number of fused-ring (bicyclic) bond motifs is 1. The molecular weight excluding hydrogens is 332 g/mol. The molecule has 1 amide bonds. The van der Waals surface area contributed by atoms with Gasteiger partial charge in [-0.15, -0.1) is 5.10 Å². The first-order valence-electron chi connectivity index (χ1n) is 8.44. The van der Waals surface area contributed by atoms with E-state index in [1.54, 1.807) is 23.7 Å². The Kier molecular flexibility index (Phi) is 5.26. The topological polar surface area (TPSA) is 86.1 Å². The number of nitrogens with zero attached hydrogens (tertiary/aromatic N) is 3. The summed E-state index contributed by atoms with van der Waals surface area (Å²) in [6.07, 6.45) is -0.830. The number of nitrogens with one attached hydrogen (secondary N) is 1. The van der Waals surface area contributed by atoms with Gasteiger partial charge in [-0.2, -0.15) is 0 Å². The Morgan fingerprint density at radius 3 is 2.62 bits per heavy atom. The highest BCUT2D eigenvalue weighted by molar-refractivity contribution is 5.92. The van der Waals surface area contributed by atoms with E-state index in [0.29, 0.717) is 18.7 Å². The van der Waals surface area contributed by atoms with Gasteiger partial charge in [0.05, 0.1) is 17.6 Å². The van der Waals surface area contributed by atoms with Crippen molar-refractivity contribution in [2.45, 2.75) is 26.5 Å². The van der Waals surface area contributed by atoms with Gasteiger partial charge in [0.2, 0.25) is 0 Å². The molecule has 7 nitrogen and oxygen atoms in total. The summed E-state index contributed by atoms with van der Waals surface area (Å²) < 4.78 is 6.98. The van der Waals surface area contributed by atoms with Gasteiger partial charge in [0.1, 0.15) is 5.52 Å². The molecule has 1 N–H and O–H groups in total. The molecule has 0 aliphatic rings. The van der Waals surface area contributed by atoms with Crippen LogP contribution in [0.1, 0.15) is 29.8 Å². The van der Waals surface area contributed by atoms with Gasteiger partial charge in [-0.25, -0.2) is 9.48 Å². The van der Waals surface area contributed by atoms with Crippen LogP contribution in [0.4, 0.5) is 0 Å². The molecule has 3 aromatic rings. The largest absolute Gasteiger partial charge is 0.449 e. The lowest BCUT2D eigenvalue weighted by atomic mass is 10.1. The number of esters is 1. The van der Waals surface area contributed by atoms with Crippen LogP contribution in [0.3, 0.4) is 0 Å². The molecule has 2 aromatic carbocycles. The van der Waals surface area contributed by atoms with Crippen molar-refractivity contribution in [2.24, 2.45) is 0 Å². The Balaban J connectivity index is 1.66. The molecule has 26 heavy (non-hydrogen) atoms. The van der Waals surface area contributed by atoms with Crippen molar-refractivity contribution >= 4 is 22.9 Å². The Morgan fingerprint density at radius 2 is 1.88 bits per heavy atom. The van der Waals surface area contributed by atoms with Crippen LogP contribution < -0.4 is 5.32 Å². The van der Waals surface area contributed by atoms with Crippen LogP contribution >= 0.6 is 0 Å². The maximum atomic E-state index is 12.1. The molecule has 0 unspecified atom stereocenters. The highest BCUT2D eigenvalue weighted by atomic mass is 16.5. The monoisotopic (exact) mass is 352 g/mol. The van der Waals surface area contributed by atoms with E-state index < -0.39 is 12.1 Å². The third kappa shape index (κ3) is 3.88. The highest BCUT2D eigenvalue weighted by Crippen LogP contribution is 2.13. The first-order chi connectivity index (χ1) is 12.6. The van der Waals surface area contributed by atoms with Gasteiger partial charge in [-0.1, -0.05) is 29.5 Å². The Bertz CT molecular complexity index is 918.